The van der Waals surface area contributed by atoms with E-state index in [0.29, 0.717) is 12.8 Å². The molecule has 19 heteroatoms. The lowest BCUT2D eigenvalue weighted by molar-refractivity contribution is -0.379. The lowest BCUT2D eigenvalue weighted by Gasteiger charge is -2.48. The van der Waals surface area contributed by atoms with Crippen LogP contribution in [0, 0.1) is 0 Å². The second-order valence-electron chi connectivity index (χ2n) is 20.0. The molecule has 0 aromatic rings. The molecule has 3 aliphatic heterocycles. The first kappa shape index (κ1) is 64.6. The highest BCUT2D eigenvalue weighted by atomic mass is 16.8. The maximum absolute atomic E-state index is 13.2. The Bertz CT molecular complexity index is 1430. The van der Waals surface area contributed by atoms with Gasteiger partial charge in [0.25, 0.3) is 0 Å². The molecule has 17 atom stereocenters. The summed E-state index contributed by atoms with van der Waals surface area (Å²) in [6.07, 6.45) is 9.40. The molecule has 0 spiro atoms. The molecule has 3 saturated heterocycles. The van der Waals surface area contributed by atoms with Crippen molar-refractivity contribution in [3.05, 3.63) is 24.3 Å². The fourth-order valence-corrected chi connectivity index (χ4v) is 9.39. The van der Waals surface area contributed by atoms with Crippen molar-refractivity contribution in [3.63, 3.8) is 0 Å². The Balaban J connectivity index is 1.46. The van der Waals surface area contributed by atoms with Crippen molar-refractivity contribution < 1.29 is 89.4 Å². The van der Waals surface area contributed by atoms with E-state index in [4.69, 9.17) is 28.4 Å². The second-order valence-corrected chi connectivity index (χ2v) is 20.0. The zero-order chi connectivity index (χ0) is 52.7. The molecule has 3 heterocycles. The predicted octanol–water partition coefficient (Wildman–Crippen LogP) is 3.20. The van der Waals surface area contributed by atoms with Crippen molar-refractivity contribution in [3.8, 4) is 0 Å². The van der Waals surface area contributed by atoms with Crippen LogP contribution in [0.15, 0.2) is 24.3 Å². The highest BCUT2D eigenvalue weighted by Gasteiger charge is 2.53. The van der Waals surface area contributed by atoms with Crippen LogP contribution < -0.4 is 5.32 Å². The van der Waals surface area contributed by atoms with Crippen molar-refractivity contribution in [1.29, 1.82) is 0 Å². The van der Waals surface area contributed by atoms with Gasteiger partial charge in [-0.1, -0.05) is 167 Å². The van der Waals surface area contributed by atoms with E-state index in [0.717, 1.165) is 38.5 Å². The van der Waals surface area contributed by atoms with Gasteiger partial charge in [0.2, 0.25) is 5.91 Å². The number of aliphatic hydroxyl groups is 11. The summed E-state index contributed by atoms with van der Waals surface area (Å²) in [5.41, 5.74) is 0. The van der Waals surface area contributed by atoms with Crippen LogP contribution >= 0.6 is 0 Å². The first-order chi connectivity index (χ1) is 34.8. The summed E-state index contributed by atoms with van der Waals surface area (Å²) in [5, 5.41) is 119. The monoisotopic (exact) mass is 1040 g/mol. The maximum atomic E-state index is 13.2. The number of amides is 1. The molecule has 0 aromatic heterocycles. The average Bonchev–Trinajstić information content (AvgIpc) is 3.37. The Hall–Kier alpha value is -1.73. The third-order valence-electron chi connectivity index (χ3n) is 14.0. The van der Waals surface area contributed by atoms with Gasteiger partial charge in [-0.25, -0.2) is 0 Å². The minimum Gasteiger partial charge on any atom is -0.394 e. The van der Waals surface area contributed by atoms with Crippen LogP contribution in [0.3, 0.4) is 0 Å². The van der Waals surface area contributed by atoms with Crippen LogP contribution in [0.2, 0.25) is 0 Å². The molecule has 0 aromatic carbocycles. The van der Waals surface area contributed by atoms with E-state index in [2.05, 4.69) is 31.3 Å². The second kappa shape index (κ2) is 37.9. The Morgan fingerprint density at radius 3 is 1.36 bits per heavy atom. The SMILES string of the molecule is CCC/C=C/CC/C=C/C(O)C(COC1OC(CO)C(OC2OC(CO)C(OC3OC(CO)C(O)C(O)C3O)C(O)C2O)C(O)C1O)NC(=O)CCCCCCCCCCCCCCCCCCCCCC. The molecular weight excluding hydrogens is 939 g/mol. The number of aliphatic hydroxyl groups excluding tert-OH is 11. The number of nitrogens with one attached hydrogen (secondary N) is 1. The van der Waals surface area contributed by atoms with E-state index in [-0.39, 0.29) is 18.9 Å². The zero-order valence-electron chi connectivity index (χ0n) is 43.4. The summed E-state index contributed by atoms with van der Waals surface area (Å²) in [6.45, 7) is 1.57. The molecule has 19 nitrogen and oxygen atoms in total. The molecule has 3 aliphatic rings. The van der Waals surface area contributed by atoms with Crippen molar-refractivity contribution in [2.24, 2.45) is 0 Å². The molecule has 72 heavy (non-hydrogen) atoms. The van der Waals surface area contributed by atoms with Crippen LogP contribution in [0.1, 0.15) is 174 Å². The van der Waals surface area contributed by atoms with E-state index in [9.17, 15) is 61.0 Å². The van der Waals surface area contributed by atoms with Crippen LogP contribution in [0.5, 0.6) is 0 Å². The smallest absolute Gasteiger partial charge is 0.220 e. The summed E-state index contributed by atoms with van der Waals surface area (Å²) in [5.74, 6) is -0.289. The fraction of sp³-hybridized carbons (Fsp3) is 0.906. The largest absolute Gasteiger partial charge is 0.394 e. The summed E-state index contributed by atoms with van der Waals surface area (Å²) in [4.78, 5) is 13.2. The van der Waals surface area contributed by atoms with Gasteiger partial charge in [-0.15, -0.1) is 0 Å². The average molecular weight is 1040 g/mol. The van der Waals surface area contributed by atoms with Crippen LogP contribution in [-0.4, -0.2) is 193 Å². The van der Waals surface area contributed by atoms with Crippen LogP contribution in [0.4, 0.5) is 0 Å². The molecule has 0 bridgehead atoms. The number of hydrogen-bond donors (Lipinski definition) is 12. The predicted molar refractivity (Wildman–Crippen MR) is 268 cm³/mol. The molecule has 12 N–H and O–H groups in total. The Kier molecular flexibility index (Phi) is 34.0. The highest BCUT2D eigenvalue weighted by Crippen LogP contribution is 2.33. The van der Waals surface area contributed by atoms with Gasteiger partial charge in [-0.05, 0) is 25.7 Å². The van der Waals surface area contributed by atoms with Gasteiger partial charge in [-0.2, -0.15) is 0 Å². The summed E-state index contributed by atoms with van der Waals surface area (Å²) >= 11 is 0. The molecule has 0 radical (unpaired) electrons. The molecular formula is C53H97NO18. The van der Waals surface area contributed by atoms with Crippen molar-refractivity contribution in [2.75, 3.05) is 26.4 Å². The Morgan fingerprint density at radius 1 is 0.486 bits per heavy atom. The molecule has 17 unspecified atom stereocenters. The number of rotatable bonds is 39. The molecule has 3 fully saturated rings. The normalized spacial score (nSPS) is 32.2. The minimum absolute atomic E-state index is 0.239. The van der Waals surface area contributed by atoms with Gasteiger partial charge in [0, 0.05) is 6.42 Å². The van der Waals surface area contributed by atoms with Gasteiger partial charge in [0.1, 0.15) is 73.2 Å². The molecule has 3 rings (SSSR count). The van der Waals surface area contributed by atoms with Crippen molar-refractivity contribution >= 4 is 5.91 Å². The summed E-state index contributed by atoms with van der Waals surface area (Å²) in [7, 11) is 0. The van der Waals surface area contributed by atoms with E-state index in [1.165, 1.54) is 103 Å². The van der Waals surface area contributed by atoms with Gasteiger partial charge >= 0.3 is 0 Å². The summed E-state index contributed by atoms with van der Waals surface area (Å²) in [6, 6.07) is -0.982. The first-order valence-corrected chi connectivity index (χ1v) is 27.6. The fourth-order valence-electron chi connectivity index (χ4n) is 9.39. The summed E-state index contributed by atoms with van der Waals surface area (Å²) < 4.78 is 34.0. The number of unbranched alkanes of at least 4 members (excludes halogenated alkanes) is 21. The maximum Gasteiger partial charge on any atom is 0.220 e. The number of carbonyl (C=O) groups is 1. The van der Waals surface area contributed by atoms with Crippen molar-refractivity contribution in [1.82, 2.24) is 5.32 Å². The highest BCUT2D eigenvalue weighted by molar-refractivity contribution is 5.76. The van der Waals surface area contributed by atoms with Gasteiger partial charge in [0.15, 0.2) is 18.9 Å². The van der Waals surface area contributed by atoms with Crippen LogP contribution in [-0.2, 0) is 33.2 Å². The number of allylic oxidation sites excluding steroid dienone is 3. The molecule has 0 aliphatic carbocycles. The zero-order valence-corrected chi connectivity index (χ0v) is 43.4. The van der Waals surface area contributed by atoms with Crippen molar-refractivity contribution in [2.45, 2.75) is 279 Å². The van der Waals surface area contributed by atoms with E-state index in [1.807, 2.05) is 6.08 Å². The van der Waals surface area contributed by atoms with Gasteiger partial charge in [0.05, 0.1) is 38.6 Å². The number of carbonyl (C=O) groups excluding carboxylic acids is 1. The van der Waals surface area contributed by atoms with Crippen LogP contribution in [0.25, 0.3) is 0 Å². The molecule has 1 amide bonds. The molecule has 422 valence electrons. The third-order valence-corrected chi connectivity index (χ3v) is 14.0. The standard InChI is InChI=1S/C53H97NO18/c1-3-5-7-9-11-12-13-14-15-16-17-18-19-20-21-22-23-25-27-29-31-41(59)54-36(37(58)30-28-26-24-10-8-6-4-2)35-67-51-47(65)44(62)49(39(33-56)69-51)72-53-48(66)45(63)50(40(34-57)70-53)71-52-46(64)43(61)42(60)38(32-55)68-52/h8,10,28,30,36-40,42-53,55-58,60-66H,3-7,9,11-27,29,31-35H2,1-2H3,(H,54,59)/b10-8+,30-28+. The van der Waals surface area contributed by atoms with E-state index < -0.39 is 124 Å². The van der Waals surface area contributed by atoms with E-state index in [1.54, 1.807) is 6.08 Å². The third kappa shape index (κ3) is 22.9. The lowest BCUT2D eigenvalue weighted by Crippen LogP contribution is -2.66. The first-order valence-electron chi connectivity index (χ1n) is 27.6. The molecule has 0 saturated carbocycles. The number of ether oxygens (including phenoxy) is 6. The lowest BCUT2D eigenvalue weighted by atomic mass is 9.96. The van der Waals surface area contributed by atoms with Gasteiger partial charge < -0.3 is 89.9 Å². The van der Waals surface area contributed by atoms with Gasteiger partial charge in [-0.3, -0.25) is 4.79 Å². The Labute approximate surface area is 428 Å². The number of hydrogen-bond acceptors (Lipinski definition) is 18. The quantitative estimate of drug-likeness (QED) is 0.0311. The minimum atomic E-state index is -1.98. The topological polar surface area (TPSA) is 307 Å². The van der Waals surface area contributed by atoms with E-state index >= 15 is 0 Å². The Morgan fingerprint density at radius 2 is 0.889 bits per heavy atom.